The van der Waals surface area contributed by atoms with Gasteiger partial charge in [-0.1, -0.05) is 24.3 Å². The summed E-state index contributed by atoms with van der Waals surface area (Å²) in [5.74, 6) is 0. The third kappa shape index (κ3) is 3.58. The molecule has 3 atom stereocenters. The van der Waals surface area contributed by atoms with E-state index in [9.17, 15) is 0 Å². The number of hydrogen-bond acceptors (Lipinski definition) is 0. The molecule has 0 saturated carbocycles. The molecule has 0 amide bonds. The van der Waals surface area contributed by atoms with Crippen LogP contribution in [-0.4, -0.2) is 12.3 Å². The highest BCUT2D eigenvalue weighted by molar-refractivity contribution is 7.27. The first-order valence-corrected chi connectivity index (χ1v) is 6.90. The maximum atomic E-state index is 4.28. The molecule has 0 fully saturated rings. The Labute approximate surface area is 94.2 Å². The molecular formula is C11H18P3. The summed E-state index contributed by atoms with van der Waals surface area (Å²) < 4.78 is 0. The van der Waals surface area contributed by atoms with Crippen molar-refractivity contribution in [2.75, 3.05) is 12.3 Å². The molecule has 1 aromatic rings. The van der Waals surface area contributed by atoms with Crippen molar-refractivity contribution in [2.45, 2.75) is 6.42 Å². The van der Waals surface area contributed by atoms with E-state index in [1.165, 1.54) is 10.9 Å². The van der Waals surface area contributed by atoms with Gasteiger partial charge in [-0.3, -0.25) is 0 Å². The summed E-state index contributed by atoms with van der Waals surface area (Å²) >= 11 is 0. The van der Waals surface area contributed by atoms with E-state index in [4.69, 9.17) is 0 Å². The second kappa shape index (κ2) is 5.55. The summed E-state index contributed by atoms with van der Waals surface area (Å²) in [6, 6.07) is 8.63. The largest absolute Gasteiger partial charge is 0.137 e. The third-order valence-corrected chi connectivity index (χ3v) is 4.54. The van der Waals surface area contributed by atoms with Crippen molar-refractivity contribution < 1.29 is 0 Å². The molecule has 0 aromatic heterocycles. The van der Waals surface area contributed by atoms with E-state index < -0.39 is 0 Å². The number of rotatable bonds is 4. The molecule has 0 heterocycles. The van der Waals surface area contributed by atoms with E-state index in [-0.39, 0.29) is 5.41 Å². The monoisotopic (exact) mass is 243 g/mol. The molecule has 0 N–H and O–H groups in total. The van der Waals surface area contributed by atoms with Gasteiger partial charge in [0, 0.05) is 0 Å². The molecular weight excluding hydrogens is 225 g/mol. The van der Waals surface area contributed by atoms with Gasteiger partial charge < -0.3 is 0 Å². The smallest absolute Gasteiger partial charge is 0.0188 e. The summed E-state index contributed by atoms with van der Waals surface area (Å²) in [4.78, 5) is 0. The third-order valence-electron chi connectivity index (χ3n) is 2.42. The van der Waals surface area contributed by atoms with Crippen LogP contribution in [-0.2, 0) is 6.42 Å². The minimum Gasteiger partial charge on any atom is -0.137 e. The first kappa shape index (κ1) is 12.6. The van der Waals surface area contributed by atoms with Crippen molar-refractivity contribution in [1.29, 1.82) is 0 Å². The van der Waals surface area contributed by atoms with Crippen LogP contribution < -0.4 is 5.30 Å². The Kier molecular flexibility index (Phi) is 4.99. The molecule has 0 spiro atoms. The van der Waals surface area contributed by atoms with Crippen LogP contribution >= 0.6 is 27.7 Å². The Morgan fingerprint density at radius 1 is 1.07 bits per heavy atom. The lowest BCUT2D eigenvalue weighted by Crippen LogP contribution is -2.23. The second-order valence-electron chi connectivity index (χ2n) is 3.83. The Balaban J connectivity index is 2.72. The Morgan fingerprint density at radius 3 is 2.00 bits per heavy atom. The fourth-order valence-electron chi connectivity index (χ4n) is 1.30. The quantitative estimate of drug-likeness (QED) is 0.712. The van der Waals surface area contributed by atoms with E-state index in [0.29, 0.717) is 0 Å². The van der Waals surface area contributed by atoms with E-state index >= 15 is 0 Å². The van der Waals surface area contributed by atoms with Crippen LogP contribution in [0.25, 0.3) is 0 Å². The van der Waals surface area contributed by atoms with Crippen molar-refractivity contribution in [3.05, 3.63) is 36.8 Å². The van der Waals surface area contributed by atoms with Crippen LogP contribution in [0.5, 0.6) is 0 Å². The first-order valence-electron chi connectivity index (χ1n) is 4.69. The lowest BCUT2D eigenvalue weighted by molar-refractivity contribution is 0.494. The van der Waals surface area contributed by atoms with Gasteiger partial charge in [0.05, 0.1) is 0 Å². The molecule has 0 nitrogen and oxygen atoms in total. The SMILES string of the molecule is [CH2]C(CP)(CP)Cc1ccc(P)cc1. The van der Waals surface area contributed by atoms with E-state index in [1.54, 1.807) is 0 Å². The van der Waals surface area contributed by atoms with Crippen molar-refractivity contribution >= 4 is 33.0 Å². The first-order chi connectivity index (χ1) is 6.59. The van der Waals surface area contributed by atoms with E-state index in [1.807, 2.05) is 0 Å². The van der Waals surface area contributed by atoms with Gasteiger partial charge in [0.1, 0.15) is 0 Å². The van der Waals surface area contributed by atoms with Crippen molar-refractivity contribution in [3.63, 3.8) is 0 Å². The second-order valence-corrected chi connectivity index (χ2v) is 5.31. The van der Waals surface area contributed by atoms with Crippen molar-refractivity contribution in [1.82, 2.24) is 0 Å². The maximum absolute atomic E-state index is 4.28. The molecule has 14 heavy (non-hydrogen) atoms. The summed E-state index contributed by atoms with van der Waals surface area (Å²) in [6.45, 7) is 4.28. The predicted octanol–water partition coefficient (Wildman–Crippen LogP) is 2.30. The van der Waals surface area contributed by atoms with Crippen molar-refractivity contribution in [2.24, 2.45) is 5.41 Å². The molecule has 3 heteroatoms. The van der Waals surface area contributed by atoms with Crippen LogP contribution in [0.2, 0.25) is 0 Å². The molecule has 1 radical (unpaired) electrons. The molecule has 0 aliphatic rings. The van der Waals surface area contributed by atoms with Crippen LogP contribution in [0.4, 0.5) is 0 Å². The van der Waals surface area contributed by atoms with Gasteiger partial charge in [-0.05, 0) is 42.0 Å². The Morgan fingerprint density at radius 2 is 1.57 bits per heavy atom. The Bertz CT molecular complexity index is 275. The van der Waals surface area contributed by atoms with Gasteiger partial charge in [0.25, 0.3) is 0 Å². The van der Waals surface area contributed by atoms with Gasteiger partial charge in [0.15, 0.2) is 0 Å². The summed E-state index contributed by atoms with van der Waals surface area (Å²) in [6.07, 6.45) is 3.13. The highest BCUT2D eigenvalue weighted by atomic mass is 31.0. The van der Waals surface area contributed by atoms with Crippen LogP contribution in [0.1, 0.15) is 5.56 Å². The number of benzene rings is 1. The predicted molar refractivity (Wildman–Crippen MR) is 76.4 cm³/mol. The molecule has 1 rings (SSSR count). The van der Waals surface area contributed by atoms with Gasteiger partial charge in [0.2, 0.25) is 0 Å². The average molecular weight is 243 g/mol. The molecule has 0 bridgehead atoms. The minimum atomic E-state index is 0.151. The van der Waals surface area contributed by atoms with Gasteiger partial charge in [-0.15, -0.1) is 27.7 Å². The standard InChI is InChI=1S/C11H18P3/c1-11(7-12,8-13)6-9-2-4-10(14)5-3-9/h2-5H,1,6-8,12-14H2. The summed E-state index contributed by atoms with van der Waals surface area (Å²) in [5.41, 5.74) is 1.52. The highest BCUT2D eigenvalue weighted by Crippen LogP contribution is 2.26. The van der Waals surface area contributed by atoms with E-state index in [0.717, 1.165) is 18.7 Å². The van der Waals surface area contributed by atoms with Crippen molar-refractivity contribution in [3.8, 4) is 0 Å². The zero-order valence-electron chi connectivity index (χ0n) is 8.37. The van der Waals surface area contributed by atoms with Crippen LogP contribution in [0, 0.1) is 12.3 Å². The molecule has 0 saturated heterocycles. The molecule has 77 valence electrons. The Hall–Kier alpha value is 0.510. The van der Waals surface area contributed by atoms with Gasteiger partial charge >= 0.3 is 0 Å². The minimum absolute atomic E-state index is 0.151. The van der Waals surface area contributed by atoms with Gasteiger partial charge in [-0.2, -0.15) is 0 Å². The number of hydrogen-bond donors (Lipinski definition) is 0. The fourth-order valence-corrected chi connectivity index (χ4v) is 2.44. The van der Waals surface area contributed by atoms with Crippen LogP contribution in [0.15, 0.2) is 24.3 Å². The average Bonchev–Trinajstić information content (AvgIpc) is 2.21. The topological polar surface area (TPSA) is 0 Å². The summed E-state index contributed by atoms with van der Waals surface area (Å²) in [7, 11) is 8.29. The maximum Gasteiger partial charge on any atom is -0.0188 e. The summed E-state index contributed by atoms with van der Waals surface area (Å²) in [5, 5.41) is 1.24. The zero-order chi connectivity index (χ0) is 10.6. The normalized spacial score (nSPS) is 11.7. The lowest BCUT2D eigenvalue weighted by Gasteiger charge is -2.26. The lowest BCUT2D eigenvalue weighted by atomic mass is 9.87. The zero-order valence-corrected chi connectivity index (χ0v) is 11.8. The van der Waals surface area contributed by atoms with Gasteiger partial charge in [-0.25, -0.2) is 0 Å². The van der Waals surface area contributed by atoms with E-state index in [2.05, 4.69) is 58.9 Å². The molecule has 1 aromatic carbocycles. The molecule has 0 aliphatic heterocycles. The molecule has 3 unspecified atom stereocenters. The molecule has 0 aliphatic carbocycles. The fraction of sp³-hybridized carbons (Fsp3) is 0.364. The van der Waals surface area contributed by atoms with Crippen LogP contribution in [0.3, 0.4) is 0 Å². The highest BCUT2D eigenvalue weighted by Gasteiger charge is 2.20.